The maximum Gasteiger partial charge on any atom is 0.230 e. The Hall–Kier alpha value is -1.74. The van der Waals surface area contributed by atoms with Gasteiger partial charge in [0.05, 0.1) is 12.8 Å². The summed E-state index contributed by atoms with van der Waals surface area (Å²) in [5.41, 5.74) is 0.879. The fraction of sp³-hybridized carbons (Fsp3) is 0.500. The van der Waals surface area contributed by atoms with Crippen molar-refractivity contribution in [3.05, 3.63) is 53.4 Å². The number of nitrogens with zero attached hydrogens (tertiary/aromatic N) is 1. The summed E-state index contributed by atoms with van der Waals surface area (Å²) >= 11 is 6.02. The third-order valence-electron chi connectivity index (χ3n) is 5.46. The fourth-order valence-electron chi connectivity index (χ4n) is 3.89. The van der Waals surface area contributed by atoms with Crippen LogP contribution in [-0.2, 0) is 11.3 Å². The van der Waals surface area contributed by atoms with E-state index in [2.05, 4.69) is 6.92 Å². The van der Waals surface area contributed by atoms with E-state index in [1.165, 1.54) is 32.1 Å². The molecular weight excluding hydrogens is 346 g/mol. The van der Waals surface area contributed by atoms with Crippen LogP contribution in [0.4, 0.5) is 5.69 Å². The summed E-state index contributed by atoms with van der Waals surface area (Å²) in [6.07, 6.45) is 9.86. The number of hydrogen-bond acceptors (Lipinski definition) is 2. The number of halogens is 1. The predicted octanol–water partition coefficient (Wildman–Crippen LogP) is 6.46. The second kappa shape index (κ2) is 9.27. The Kier molecular flexibility index (Phi) is 6.79. The molecule has 0 spiro atoms. The van der Waals surface area contributed by atoms with Crippen molar-refractivity contribution < 1.29 is 9.21 Å². The van der Waals surface area contributed by atoms with Gasteiger partial charge in [-0.25, -0.2) is 0 Å². The number of anilines is 1. The van der Waals surface area contributed by atoms with Crippen LogP contribution in [-0.4, -0.2) is 5.91 Å². The molecule has 1 fully saturated rings. The minimum atomic E-state index is 0.110. The standard InChI is InChI=1S/C22H28ClNO2/c1-2-3-5-17-7-9-18(10-8-17)22(25)24(16-21-6-4-15-26-21)20-13-11-19(23)12-14-20/h4,6,11-15,17-18H,2-3,5,7-10,16H2,1H3. The van der Waals surface area contributed by atoms with Crippen LogP contribution in [0.25, 0.3) is 0 Å². The van der Waals surface area contributed by atoms with Crippen molar-refractivity contribution in [3.8, 4) is 0 Å². The molecule has 1 aliphatic carbocycles. The van der Waals surface area contributed by atoms with E-state index in [0.717, 1.165) is 30.2 Å². The molecule has 0 radical (unpaired) electrons. The van der Waals surface area contributed by atoms with Gasteiger partial charge in [-0.15, -0.1) is 0 Å². The Morgan fingerprint density at radius 1 is 1.15 bits per heavy atom. The average Bonchev–Trinajstić information content (AvgIpc) is 3.18. The highest BCUT2D eigenvalue weighted by molar-refractivity contribution is 6.30. The molecule has 1 aliphatic rings. The van der Waals surface area contributed by atoms with Crippen LogP contribution in [0.2, 0.25) is 5.02 Å². The molecule has 0 saturated heterocycles. The molecule has 1 aromatic carbocycles. The minimum Gasteiger partial charge on any atom is -0.467 e. The van der Waals surface area contributed by atoms with Crippen LogP contribution in [0.3, 0.4) is 0 Å². The highest BCUT2D eigenvalue weighted by Crippen LogP contribution is 2.34. The summed E-state index contributed by atoms with van der Waals surface area (Å²) in [6, 6.07) is 11.3. The monoisotopic (exact) mass is 373 g/mol. The predicted molar refractivity (Wildman–Crippen MR) is 106 cm³/mol. The molecule has 1 aromatic heterocycles. The highest BCUT2D eigenvalue weighted by atomic mass is 35.5. The Labute approximate surface area is 161 Å². The Morgan fingerprint density at radius 2 is 1.88 bits per heavy atom. The van der Waals surface area contributed by atoms with E-state index in [9.17, 15) is 4.79 Å². The van der Waals surface area contributed by atoms with Gasteiger partial charge in [-0.2, -0.15) is 0 Å². The zero-order chi connectivity index (χ0) is 18.4. The number of carbonyl (C=O) groups excluding carboxylic acids is 1. The fourth-order valence-corrected chi connectivity index (χ4v) is 4.01. The molecule has 140 valence electrons. The van der Waals surface area contributed by atoms with E-state index >= 15 is 0 Å². The van der Waals surface area contributed by atoms with Crippen molar-refractivity contribution in [2.24, 2.45) is 11.8 Å². The van der Waals surface area contributed by atoms with Crippen molar-refractivity contribution >= 4 is 23.2 Å². The lowest BCUT2D eigenvalue weighted by molar-refractivity contribution is -0.123. The van der Waals surface area contributed by atoms with Gasteiger partial charge in [0.25, 0.3) is 0 Å². The summed E-state index contributed by atoms with van der Waals surface area (Å²) in [5, 5.41) is 0.676. The number of carbonyl (C=O) groups is 1. The number of amides is 1. The number of furan rings is 1. The molecule has 2 aromatic rings. The number of hydrogen-bond donors (Lipinski definition) is 0. The second-order valence-corrected chi connectivity index (χ2v) is 7.78. The number of rotatable bonds is 7. The zero-order valence-electron chi connectivity index (χ0n) is 15.5. The third-order valence-corrected chi connectivity index (χ3v) is 5.71. The van der Waals surface area contributed by atoms with Gasteiger partial charge in [0, 0.05) is 16.6 Å². The molecule has 4 heteroatoms. The van der Waals surface area contributed by atoms with Gasteiger partial charge < -0.3 is 9.32 Å². The van der Waals surface area contributed by atoms with Gasteiger partial charge in [-0.3, -0.25) is 4.79 Å². The maximum atomic E-state index is 13.3. The summed E-state index contributed by atoms with van der Waals surface area (Å²) in [5.74, 6) is 1.91. The van der Waals surface area contributed by atoms with Crippen LogP contribution >= 0.6 is 11.6 Å². The Morgan fingerprint density at radius 3 is 2.50 bits per heavy atom. The molecule has 0 N–H and O–H groups in total. The smallest absolute Gasteiger partial charge is 0.230 e. The van der Waals surface area contributed by atoms with Gasteiger partial charge in [0.2, 0.25) is 5.91 Å². The first kappa shape index (κ1) is 19.0. The molecule has 0 bridgehead atoms. The first-order valence-corrected chi connectivity index (χ1v) is 10.1. The molecule has 1 heterocycles. The largest absolute Gasteiger partial charge is 0.467 e. The van der Waals surface area contributed by atoms with Crippen LogP contribution in [0.15, 0.2) is 47.1 Å². The van der Waals surface area contributed by atoms with E-state index in [-0.39, 0.29) is 11.8 Å². The van der Waals surface area contributed by atoms with Crippen LogP contribution in [0.1, 0.15) is 57.6 Å². The molecule has 3 nitrogen and oxygen atoms in total. The summed E-state index contributed by atoms with van der Waals surface area (Å²) in [7, 11) is 0. The second-order valence-electron chi connectivity index (χ2n) is 7.34. The van der Waals surface area contributed by atoms with Gasteiger partial charge >= 0.3 is 0 Å². The lowest BCUT2D eigenvalue weighted by atomic mass is 9.79. The molecule has 0 unspecified atom stereocenters. The molecule has 1 saturated carbocycles. The molecule has 0 aliphatic heterocycles. The summed E-state index contributed by atoms with van der Waals surface area (Å²) in [4.78, 5) is 15.1. The topological polar surface area (TPSA) is 33.5 Å². The van der Waals surface area contributed by atoms with E-state index in [1.54, 1.807) is 6.26 Å². The van der Waals surface area contributed by atoms with Crippen molar-refractivity contribution in [2.75, 3.05) is 4.90 Å². The van der Waals surface area contributed by atoms with Crippen molar-refractivity contribution in [1.82, 2.24) is 0 Å². The SMILES string of the molecule is CCCCC1CCC(C(=O)N(Cc2ccco2)c2ccc(Cl)cc2)CC1. The first-order chi connectivity index (χ1) is 12.7. The lowest BCUT2D eigenvalue weighted by Crippen LogP contribution is -2.37. The molecule has 0 atom stereocenters. The molecule has 26 heavy (non-hydrogen) atoms. The Balaban J connectivity index is 1.70. The number of benzene rings is 1. The normalized spacial score (nSPS) is 20.1. The van der Waals surface area contributed by atoms with E-state index in [1.807, 2.05) is 41.3 Å². The summed E-state index contributed by atoms with van der Waals surface area (Å²) < 4.78 is 5.49. The van der Waals surface area contributed by atoms with Gasteiger partial charge in [0.15, 0.2) is 0 Å². The van der Waals surface area contributed by atoms with E-state index in [0.29, 0.717) is 11.6 Å². The lowest BCUT2D eigenvalue weighted by Gasteiger charge is -2.32. The zero-order valence-corrected chi connectivity index (χ0v) is 16.3. The first-order valence-electron chi connectivity index (χ1n) is 9.76. The number of unbranched alkanes of at least 4 members (excludes halogenated alkanes) is 1. The van der Waals surface area contributed by atoms with Gasteiger partial charge in [0.1, 0.15) is 5.76 Å². The van der Waals surface area contributed by atoms with Crippen molar-refractivity contribution in [3.63, 3.8) is 0 Å². The maximum absolute atomic E-state index is 13.3. The van der Waals surface area contributed by atoms with Crippen LogP contribution in [0, 0.1) is 11.8 Å². The quantitative estimate of drug-likeness (QED) is 0.557. The Bertz CT molecular complexity index is 673. The third kappa shape index (κ3) is 4.91. The van der Waals surface area contributed by atoms with Gasteiger partial charge in [-0.1, -0.05) is 37.8 Å². The molecule has 3 rings (SSSR count). The van der Waals surface area contributed by atoms with Crippen molar-refractivity contribution in [1.29, 1.82) is 0 Å². The van der Waals surface area contributed by atoms with E-state index in [4.69, 9.17) is 16.0 Å². The van der Waals surface area contributed by atoms with Crippen molar-refractivity contribution in [2.45, 2.75) is 58.4 Å². The summed E-state index contributed by atoms with van der Waals surface area (Å²) in [6.45, 7) is 2.71. The van der Waals surface area contributed by atoms with Crippen LogP contribution < -0.4 is 4.90 Å². The molecular formula is C22H28ClNO2. The average molecular weight is 374 g/mol. The molecule has 1 amide bonds. The van der Waals surface area contributed by atoms with E-state index < -0.39 is 0 Å². The minimum absolute atomic E-state index is 0.110. The highest BCUT2D eigenvalue weighted by Gasteiger charge is 2.30. The van der Waals surface area contributed by atoms with Crippen LogP contribution in [0.5, 0.6) is 0 Å². The van der Waals surface area contributed by atoms with Gasteiger partial charge in [-0.05, 0) is 68.0 Å².